The molecular weight excluding hydrogens is 336 g/mol. The third-order valence-corrected chi connectivity index (χ3v) is 5.34. The lowest BCUT2D eigenvalue weighted by Crippen LogP contribution is -2.57. The minimum absolute atomic E-state index is 0.162. The Kier molecular flexibility index (Phi) is 5.28. The molecule has 3 amide bonds. The zero-order chi connectivity index (χ0) is 17.8. The van der Waals surface area contributed by atoms with Crippen molar-refractivity contribution in [2.24, 2.45) is 0 Å². The van der Waals surface area contributed by atoms with Gasteiger partial charge in [-0.1, -0.05) is 54.2 Å². The molecule has 0 radical (unpaired) electrons. The number of rotatable bonds is 5. The number of methoxy groups -OCH3 is 1. The number of carbonyl (C=O) groups excluding carboxylic acids is 2. The van der Waals surface area contributed by atoms with E-state index in [1.54, 1.807) is 7.11 Å². The van der Waals surface area contributed by atoms with Gasteiger partial charge in [0.15, 0.2) is 0 Å². The average Bonchev–Trinajstić information content (AvgIpc) is 2.62. The van der Waals surface area contributed by atoms with Crippen molar-refractivity contribution in [3.8, 4) is 5.75 Å². The van der Waals surface area contributed by atoms with Gasteiger partial charge in [0.05, 0.1) is 24.5 Å². The predicted octanol–water partition coefficient (Wildman–Crippen LogP) is 3.82. The van der Waals surface area contributed by atoms with Crippen LogP contribution >= 0.6 is 11.8 Å². The molecule has 2 atom stereocenters. The Morgan fingerprint density at radius 3 is 2.56 bits per heavy atom. The zero-order valence-corrected chi connectivity index (χ0v) is 15.0. The first kappa shape index (κ1) is 17.4. The van der Waals surface area contributed by atoms with Crippen LogP contribution in [-0.2, 0) is 4.79 Å². The average molecular weight is 356 g/mol. The van der Waals surface area contributed by atoms with Crippen molar-refractivity contribution < 1.29 is 14.3 Å². The summed E-state index contributed by atoms with van der Waals surface area (Å²) >= 11 is 1.46. The molecule has 2 aromatic carbocycles. The zero-order valence-electron chi connectivity index (χ0n) is 14.1. The summed E-state index contributed by atoms with van der Waals surface area (Å²) in [5, 5.41) is 2.68. The molecule has 3 rings (SSSR count). The summed E-state index contributed by atoms with van der Waals surface area (Å²) in [7, 11) is 1.61. The SMILES string of the molecule is COc1ccccc1S[C@@H]1CC(=O)N1C(=O)N[C@H](C)c1ccccc1. The number of hydrogen-bond acceptors (Lipinski definition) is 4. The molecule has 0 spiro atoms. The molecule has 1 N–H and O–H groups in total. The highest BCUT2D eigenvalue weighted by molar-refractivity contribution is 8.00. The predicted molar refractivity (Wildman–Crippen MR) is 97.5 cm³/mol. The molecular formula is C19H20N2O3S. The number of likely N-dealkylation sites (tertiary alicyclic amines) is 1. The van der Waals surface area contributed by atoms with E-state index in [9.17, 15) is 9.59 Å². The van der Waals surface area contributed by atoms with Crippen LogP contribution in [0.15, 0.2) is 59.5 Å². The number of benzene rings is 2. The second-order valence-electron chi connectivity index (χ2n) is 5.77. The Morgan fingerprint density at radius 1 is 1.20 bits per heavy atom. The first-order chi connectivity index (χ1) is 12.1. The van der Waals surface area contributed by atoms with Gasteiger partial charge in [0, 0.05) is 0 Å². The number of β-lactam (4-membered cyclic amide) rings is 1. The van der Waals surface area contributed by atoms with Crippen LogP contribution in [0.4, 0.5) is 4.79 Å². The fourth-order valence-corrected chi connectivity index (χ4v) is 3.93. The van der Waals surface area contributed by atoms with E-state index < -0.39 is 0 Å². The van der Waals surface area contributed by atoms with Gasteiger partial charge in [-0.25, -0.2) is 4.79 Å². The van der Waals surface area contributed by atoms with Gasteiger partial charge in [0.1, 0.15) is 11.1 Å². The Labute approximate surface area is 151 Å². The Hall–Kier alpha value is -2.47. The molecule has 0 unspecified atom stereocenters. The summed E-state index contributed by atoms with van der Waals surface area (Å²) in [6.07, 6.45) is 0.343. The number of urea groups is 1. The molecule has 130 valence electrons. The molecule has 6 heteroatoms. The smallest absolute Gasteiger partial charge is 0.325 e. The van der Waals surface area contributed by atoms with Crippen molar-refractivity contribution in [3.63, 3.8) is 0 Å². The molecule has 0 bridgehead atoms. The van der Waals surface area contributed by atoms with Gasteiger partial charge in [-0.2, -0.15) is 0 Å². The van der Waals surface area contributed by atoms with Crippen LogP contribution in [-0.4, -0.2) is 29.3 Å². The van der Waals surface area contributed by atoms with Gasteiger partial charge in [0.2, 0.25) is 5.91 Å². The largest absolute Gasteiger partial charge is 0.496 e. The number of thioether (sulfide) groups is 1. The van der Waals surface area contributed by atoms with Crippen molar-refractivity contribution in [1.29, 1.82) is 0 Å². The first-order valence-corrected chi connectivity index (χ1v) is 8.95. The summed E-state index contributed by atoms with van der Waals surface area (Å²) in [5.74, 6) is 0.579. The van der Waals surface area contributed by atoms with Crippen molar-refractivity contribution >= 4 is 23.7 Å². The van der Waals surface area contributed by atoms with Crippen molar-refractivity contribution in [3.05, 3.63) is 60.2 Å². The number of hydrogen-bond donors (Lipinski definition) is 1. The minimum Gasteiger partial charge on any atom is -0.496 e. The van der Waals surface area contributed by atoms with Gasteiger partial charge in [0.25, 0.3) is 0 Å². The van der Waals surface area contributed by atoms with Crippen LogP contribution in [0.25, 0.3) is 0 Å². The van der Waals surface area contributed by atoms with E-state index in [-0.39, 0.29) is 23.4 Å². The van der Waals surface area contributed by atoms with Crippen LogP contribution in [0.2, 0.25) is 0 Å². The van der Waals surface area contributed by atoms with E-state index in [0.717, 1.165) is 16.2 Å². The third-order valence-electron chi connectivity index (χ3n) is 4.10. The summed E-state index contributed by atoms with van der Waals surface area (Å²) < 4.78 is 5.33. The maximum Gasteiger partial charge on any atom is 0.325 e. The van der Waals surface area contributed by atoms with Crippen molar-refractivity contribution in [2.75, 3.05) is 7.11 Å². The second kappa shape index (κ2) is 7.61. The highest BCUT2D eigenvalue weighted by Crippen LogP contribution is 2.39. The molecule has 1 heterocycles. The van der Waals surface area contributed by atoms with E-state index in [1.807, 2.05) is 61.5 Å². The molecule has 0 aromatic heterocycles. The van der Waals surface area contributed by atoms with Crippen LogP contribution in [0.3, 0.4) is 0 Å². The van der Waals surface area contributed by atoms with Gasteiger partial charge in [-0.05, 0) is 24.6 Å². The monoisotopic (exact) mass is 356 g/mol. The van der Waals surface area contributed by atoms with Crippen LogP contribution in [0.1, 0.15) is 24.9 Å². The maximum atomic E-state index is 12.5. The lowest BCUT2D eigenvalue weighted by atomic mass is 10.1. The number of amides is 3. The van der Waals surface area contributed by atoms with Crippen LogP contribution < -0.4 is 10.1 Å². The first-order valence-electron chi connectivity index (χ1n) is 8.07. The van der Waals surface area contributed by atoms with Gasteiger partial charge >= 0.3 is 6.03 Å². The second-order valence-corrected chi connectivity index (χ2v) is 6.99. The van der Waals surface area contributed by atoms with E-state index >= 15 is 0 Å². The minimum atomic E-state index is -0.361. The molecule has 0 saturated carbocycles. The lowest BCUT2D eigenvalue weighted by molar-refractivity contribution is -0.137. The molecule has 5 nitrogen and oxygen atoms in total. The van der Waals surface area contributed by atoms with Crippen LogP contribution in [0, 0.1) is 0 Å². The van der Waals surface area contributed by atoms with Gasteiger partial charge in [-0.15, -0.1) is 0 Å². The van der Waals surface area contributed by atoms with E-state index in [4.69, 9.17) is 4.74 Å². The number of para-hydroxylation sites is 1. The molecule has 1 saturated heterocycles. The van der Waals surface area contributed by atoms with Gasteiger partial charge < -0.3 is 10.1 Å². The topological polar surface area (TPSA) is 58.6 Å². The fourth-order valence-electron chi connectivity index (χ4n) is 2.67. The fraction of sp³-hybridized carbons (Fsp3) is 0.263. The normalized spacial score (nSPS) is 17.6. The van der Waals surface area contributed by atoms with E-state index in [0.29, 0.717) is 6.42 Å². The summed E-state index contributed by atoms with van der Waals surface area (Å²) in [4.78, 5) is 26.7. The van der Waals surface area contributed by atoms with E-state index in [2.05, 4.69) is 5.32 Å². The van der Waals surface area contributed by atoms with Crippen LogP contribution in [0.5, 0.6) is 5.75 Å². The number of imide groups is 1. The molecule has 1 aliphatic rings. The van der Waals surface area contributed by atoms with Gasteiger partial charge in [-0.3, -0.25) is 9.69 Å². The third kappa shape index (κ3) is 3.79. The standard InChI is InChI=1S/C19H20N2O3S/c1-13(14-8-4-3-5-9-14)20-19(23)21-17(22)12-18(21)25-16-11-7-6-10-15(16)24-2/h3-11,13,18H,12H2,1-2H3,(H,20,23)/t13-,18-/m1/s1. The Balaban J connectivity index is 1.66. The summed E-state index contributed by atoms with van der Waals surface area (Å²) in [6, 6.07) is 16.7. The number of nitrogens with one attached hydrogen (secondary N) is 1. The summed E-state index contributed by atoms with van der Waals surface area (Å²) in [6.45, 7) is 1.90. The Bertz CT molecular complexity index is 766. The molecule has 1 aliphatic heterocycles. The molecule has 1 fully saturated rings. The highest BCUT2D eigenvalue weighted by atomic mass is 32.2. The molecule has 25 heavy (non-hydrogen) atoms. The number of ether oxygens (including phenoxy) is 1. The highest BCUT2D eigenvalue weighted by Gasteiger charge is 2.42. The molecule has 2 aromatic rings. The molecule has 0 aliphatic carbocycles. The summed E-state index contributed by atoms with van der Waals surface area (Å²) in [5.41, 5.74) is 0.998. The lowest BCUT2D eigenvalue weighted by Gasteiger charge is -2.38. The number of carbonyl (C=O) groups is 2. The van der Waals surface area contributed by atoms with Crippen molar-refractivity contribution in [1.82, 2.24) is 10.2 Å². The maximum absolute atomic E-state index is 12.5. The quantitative estimate of drug-likeness (QED) is 0.828. The van der Waals surface area contributed by atoms with Crippen molar-refractivity contribution in [2.45, 2.75) is 29.7 Å². The Morgan fingerprint density at radius 2 is 1.88 bits per heavy atom. The number of nitrogens with zero attached hydrogens (tertiary/aromatic N) is 1. The van der Waals surface area contributed by atoms with E-state index in [1.165, 1.54) is 16.7 Å².